The molecule has 0 saturated carbocycles. The molecular weight excluding hydrogens is 377 g/mol. The third kappa shape index (κ3) is 3.20. The minimum absolute atomic E-state index is 0.283. The van der Waals surface area contributed by atoms with Gasteiger partial charge < -0.3 is 10.0 Å². The SMILES string of the molecule is O=C(O)C1CCN(c2ccc3nnc(-c4cc(Cl)cc(Cl)c4)n3n2)CC1. The average Bonchev–Trinajstić information content (AvgIpc) is 3.04. The van der Waals surface area contributed by atoms with Crippen LogP contribution in [0.3, 0.4) is 0 Å². The van der Waals surface area contributed by atoms with Crippen LogP contribution in [0.4, 0.5) is 5.82 Å². The summed E-state index contributed by atoms with van der Waals surface area (Å²) in [5, 5.41) is 23.2. The van der Waals surface area contributed by atoms with Gasteiger partial charge in [-0.2, -0.15) is 4.52 Å². The summed E-state index contributed by atoms with van der Waals surface area (Å²) < 4.78 is 1.65. The largest absolute Gasteiger partial charge is 0.481 e. The van der Waals surface area contributed by atoms with Crippen molar-refractivity contribution in [3.05, 3.63) is 40.4 Å². The lowest BCUT2D eigenvalue weighted by atomic mass is 9.97. The zero-order valence-electron chi connectivity index (χ0n) is 13.6. The number of hydrogen-bond donors (Lipinski definition) is 1. The Hall–Kier alpha value is -2.38. The Bertz CT molecular complexity index is 962. The number of hydrogen-bond acceptors (Lipinski definition) is 5. The molecule has 9 heteroatoms. The van der Waals surface area contributed by atoms with E-state index in [2.05, 4.69) is 20.2 Å². The third-order valence-corrected chi connectivity index (χ3v) is 4.97. The standard InChI is InChI=1S/C17H15Cl2N5O2/c18-12-7-11(8-13(19)9-12)16-21-20-14-1-2-15(22-24(14)16)23-5-3-10(4-6-23)17(25)26/h1-2,7-10H,3-6H2,(H,25,26). The van der Waals surface area contributed by atoms with Crippen molar-refractivity contribution in [3.8, 4) is 11.4 Å². The smallest absolute Gasteiger partial charge is 0.306 e. The second-order valence-corrected chi connectivity index (χ2v) is 7.12. The van der Waals surface area contributed by atoms with Gasteiger partial charge in [0.15, 0.2) is 11.5 Å². The van der Waals surface area contributed by atoms with Gasteiger partial charge in [0.25, 0.3) is 0 Å². The first-order chi connectivity index (χ1) is 12.5. The summed E-state index contributed by atoms with van der Waals surface area (Å²) in [6.45, 7) is 1.30. The fourth-order valence-corrected chi connectivity index (χ4v) is 3.69. The number of aromatic nitrogens is 4. The molecule has 0 atom stereocenters. The van der Waals surface area contributed by atoms with Gasteiger partial charge in [0, 0.05) is 28.7 Å². The highest BCUT2D eigenvalue weighted by molar-refractivity contribution is 6.35. The fraction of sp³-hybridized carbons (Fsp3) is 0.294. The first kappa shape index (κ1) is 17.1. The van der Waals surface area contributed by atoms with Gasteiger partial charge in [0.1, 0.15) is 5.82 Å². The molecule has 1 aromatic carbocycles. The van der Waals surface area contributed by atoms with Crippen LogP contribution in [-0.2, 0) is 4.79 Å². The number of nitrogens with zero attached hydrogens (tertiary/aromatic N) is 5. The maximum Gasteiger partial charge on any atom is 0.306 e. The van der Waals surface area contributed by atoms with Gasteiger partial charge in [0.05, 0.1) is 5.92 Å². The average molecular weight is 392 g/mol. The quantitative estimate of drug-likeness (QED) is 0.736. The molecule has 3 aromatic rings. The zero-order chi connectivity index (χ0) is 18.3. The molecule has 3 heterocycles. The van der Waals surface area contributed by atoms with Gasteiger partial charge >= 0.3 is 5.97 Å². The molecule has 26 heavy (non-hydrogen) atoms. The van der Waals surface area contributed by atoms with Crippen molar-refractivity contribution in [2.75, 3.05) is 18.0 Å². The number of benzene rings is 1. The van der Waals surface area contributed by atoms with Crippen LogP contribution < -0.4 is 4.90 Å². The molecule has 0 amide bonds. The maximum atomic E-state index is 11.1. The van der Waals surface area contributed by atoms with Gasteiger partial charge in [-0.15, -0.1) is 15.3 Å². The normalized spacial score (nSPS) is 15.5. The number of halogens is 2. The van der Waals surface area contributed by atoms with E-state index in [0.717, 1.165) is 11.4 Å². The predicted molar refractivity (Wildman–Crippen MR) is 98.8 cm³/mol. The third-order valence-electron chi connectivity index (χ3n) is 4.54. The monoisotopic (exact) mass is 391 g/mol. The molecular formula is C17H15Cl2N5O2. The van der Waals surface area contributed by atoms with E-state index in [4.69, 9.17) is 28.3 Å². The van der Waals surface area contributed by atoms with Crippen LogP contribution in [0.25, 0.3) is 17.0 Å². The van der Waals surface area contributed by atoms with Crippen LogP contribution in [0.15, 0.2) is 30.3 Å². The Morgan fingerprint density at radius 3 is 2.42 bits per heavy atom. The lowest BCUT2D eigenvalue weighted by Crippen LogP contribution is -2.37. The van der Waals surface area contributed by atoms with E-state index in [1.807, 2.05) is 12.1 Å². The van der Waals surface area contributed by atoms with Gasteiger partial charge in [-0.25, -0.2) is 0 Å². The van der Waals surface area contributed by atoms with Gasteiger partial charge in [0.2, 0.25) is 0 Å². The van der Waals surface area contributed by atoms with Crippen LogP contribution in [0.5, 0.6) is 0 Å². The summed E-state index contributed by atoms with van der Waals surface area (Å²) in [7, 11) is 0. The second-order valence-electron chi connectivity index (χ2n) is 6.24. The number of carboxylic acid groups (broad SMARTS) is 1. The van der Waals surface area contributed by atoms with E-state index in [-0.39, 0.29) is 5.92 Å². The highest BCUT2D eigenvalue weighted by atomic mass is 35.5. The Labute approximate surface area is 159 Å². The number of anilines is 1. The Morgan fingerprint density at radius 1 is 1.08 bits per heavy atom. The molecule has 1 fully saturated rings. The molecule has 0 radical (unpaired) electrons. The summed E-state index contributed by atoms with van der Waals surface area (Å²) in [6.07, 6.45) is 1.21. The van der Waals surface area contributed by atoms with Gasteiger partial charge in [-0.1, -0.05) is 23.2 Å². The highest BCUT2D eigenvalue weighted by Gasteiger charge is 2.25. The molecule has 134 valence electrons. The van der Waals surface area contributed by atoms with E-state index in [1.165, 1.54) is 0 Å². The molecule has 0 aliphatic carbocycles. The van der Waals surface area contributed by atoms with Crippen molar-refractivity contribution in [2.24, 2.45) is 5.92 Å². The Kier molecular flexibility index (Phi) is 4.42. The number of rotatable bonds is 3. The van der Waals surface area contributed by atoms with Crippen molar-refractivity contribution >= 4 is 40.6 Å². The van der Waals surface area contributed by atoms with Crippen molar-refractivity contribution < 1.29 is 9.90 Å². The van der Waals surface area contributed by atoms with Crippen LogP contribution in [0.1, 0.15) is 12.8 Å². The highest BCUT2D eigenvalue weighted by Crippen LogP contribution is 2.27. The van der Waals surface area contributed by atoms with Crippen molar-refractivity contribution in [1.29, 1.82) is 0 Å². The molecule has 2 aromatic heterocycles. The van der Waals surface area contributed by atoms with Crippen LogP contribution in [0, 0.1) is 5.92 Å². The van der Waals surface area contributed by atoms with E-state index < -0.39 is 5.97 Å². The molecule has 1 saturated heterocycles. The lowest BCUT2D eigenvalue weighted by Gasteiger charge is -2.30. The minimum Gasteiger partial charge on any atom is -0.481 e. The Morgan fingerprint density at radius 2 is 1.77 bits per heavy atom. The summed E-state index contributed by atoms with van der Waals surface area (Å²) in [6, 6.07) is 8.89. The molecule has 0 bridgehead atoms. The minimum atomic E-state index is -0.730. The first-order valence-corrected chi connectivity index (χ1v) is 8.93. The Balaban J connectivity index is 1.68. The van der Waals surface area contributed by atoms with Crippen molar-refractivity contribution in [1.82, 2.24) is 19.8 Å². The number of carbonyl (C=O) groups is 1. The van der Waals surface area contributed by atoms with E-state index >= 15 is 0 Å². The zero-order valence-corrected chi connectivity index (χ0v) is 15.2. The topological polar surface area (TPSA) is 83.6 Å². The predicted octanol–water partition coefficient (Wildman–Crippen LogP) is 3.40. The number of aliphatic carboxylic acids is 1. The van der Waals surface area contributed by atoms with Crippen molar-refractivity contribution in [3.63, 3.8) is 0 Å². The number of carboxylic acids is 1. The number of piperidine rings is 1. The molecule has 4 rings (SSSR count). The molecule has 1 N–H and O–H groups in total. The number of fused-ring (bicyclic) bond motifs is 1. The summed E-state index contributed by atoms with van der Waals surface area (Å²) in [4.78, 5) is 13.2. The first-order valence-electron chi connectivity index (χ1n) is 8.18. The second kappa shape index (κ2) is 6.74. The molecule has 0 spiro atoms. The fourth-order valence-electron chi connectivity index (χ4n) is 3.17. The molecule has 7 nitrogen and oxygen atoms in total. The van der Waals surface area contributed by atoms with Crippen LogP contribution in [-0.4, -0.2) is 44.0 Å². The van der Waals surface area contributed by atoms with E-state index in [1.54, 1.807) is 22.7 Å². The van der Waals surface area contributed by atoms with E-state index in [0.29, 0.717) is 47.4 Å². The summed E-state index contributed by atoms with van der Waals surface area (Å²) >= 11 is 12.2. The van der Waals surface area contributed by atoms with Gasteiger partial charge in [-0.3, -0.25) is 4.79 Å². The van der Waals surface area contributed by atoms with E-state index in [9.17, 15) is 4.79 Å². The van der Waals surface area contributed by atoms with Crippen molar-refractivity contribution in [2.45, 2.75) is 12.8 Å². The summed E-state index contributed by atoms with van der Waals surface area (Å²) in [5.41, 5.74) is 1.34. The van der Waals surface area contributed by atoms with Gasteiger partial charge in [-0.05, 0) is 43.2 Å². The van der Waals surface area contributed by atoms with Crippen LogP contribution in [0.2, 0.25) is 10.0 Å². The molecule has 1 aliphatic heterocycles. The lowest BCUT2D eigenvalue weighted by molar-refractivity contribution is -0.142. The van der Waals surface area contributed by atoms with Crippen LogP contribution >= 0.6 is 23.2 Å². The molecule has 1 aliphatic rings. The molecule has 0 unspecified atom stereocenters. The maximum absolute atomic E-state index is 11.1. The summed E-state index contributed by atoms with van der Waals surface area (Å²) in [5.74, 6) is 0.295.